The molecule has 0 radical (unpaired) electrons. The molecule has 0 saturated carbocycles. The highest BCUT2D eigenvalue weighted by atomic mass is 19.1. The van der Waals surface area contributed by atoms with E-state index in [1.807, 2.05) is 19.0 Å². The summed E-state index contributed by atoms with van der Waals surface area (Å²) < 4.78 is 14.0. The lowest BCUT2D eigenvalue weighted by Crippen LogP contribution is -2.09. The lowest BCUT2D eigenvalue weighted by molar-refractivity contribution is 0.517. The Kier molecular flexibility index (Phi) is 7.52. The fourth-order valence-electron chi connectivity index (χ4n) is 2.10. The zero-order valence-corrected chi connectivity index (χ0v) is 13.4. The van der Waals surface area contributed by atoms with E-state index >= 15 is 0 Å². The Morgan fingerprint density at radius 2 is 1.71 bits per heavy atom. The summed E-state index contributed by atoms with van der Waals surface area (Å²) in [6.45, 7) is 5.83. The minimum atomic E-state index is -0.102. The summed E-state index contributed by atoms with van der Waals surface area (Å²) in [5, 5.41) is 0. The Bertz CT molecular complexity index is 495. The van der Waals surface area contributed by atoms with E-state index in [9.17, 15) is 4.39 Å². The van der Waals surface area contributed by atoms with Gasteiger partial charge >= 0.3 is 0 Å². The van der Waals surface area contributed by atoms with E-state index in [4.69, 9.17) is 0 Å². The molecule has 1 rings (SSSR count). The Morgan fingerprint density at radius 1 is 1.14 bits per heavy atom. The average Bonchev–Trinajstić information content (AvgIpc) is 2.46. The molecule has 0 aromatic heterocycles. The quantitative estimate of drug-likeness (QED) is 0.604. The zero-order chi connectivity index (χ0) is 15.7. The van der Waals surface area contributed by atoms with Crippen LogP contribution in [0.5, 0.6) is 0 Å². The van der Waals surface area contributed by atoms with Gasteiger partial charge in [-0.2, -0.15) is 0 Å². The molecule has 0 saturated heterocycles. The van der Waals surface area contributed by atoms with Crippen LogP contribution in [0.4, 0.5) is 4.39 Å². The van der Waals surface area contributed by atoms with Crippen molar-refractivity contribution in [3.8, 4) is 0 Å². The Morgan fingerprint density at radius 3 is 2.19 bits per heavy atom. The van der Waals surface area contributed by atoms with Gasteiger partial charge in [0.1, 0.15) is 5.83 Å². The topological polar surface area (TPSA) is 3.24 Å². The maximum Gasteiger partial charge on any atom is 0.102 e. The summed E-state index contributed by atoms with van der Waals surface area (Å²) in [4.78, 5) is 1.88. The molecule has 0 N–H and O–H groups in total. The van der Waals surface area contributed by atoms with Gasteiger partial charge in [0.2, 0.25) is 0 Å². The third-order valence-electron chi connectivity index (χ3n) is 3.32. The fraction of sp³-hybridized carbons (Fsp3) is 0.368. The number of aryl methyl sites for hydroxylation is 2. The largest absolute Gasteiger partial charge is 0.378 e. The molecule has 1 aromatic carbocycles. The molecule has 21 heavy (non-hydrogen) atoms. The number of hydrogen-bond acceptors (Lipinski definition) is 1. The standard InChI is InChI=1S/C19H26FN/c1-5-7-16-9-11-17(12-10-16)13-14-18(20)15-19(8-6-2)21(3)4/h6,8-12,15H,2,5,7,13-14H2,1,3-4H3/b18-15+,19-8+. The van der Waals surface area contributed by atoms with Gasteiger partial charge in [-0.25, -0.2) is 4.39 Å². The molecular formula is C19H26FN. The maximum absolute atomic E-state index is 14.0. The molecular weight excluding hydrogens is 261 g/mol. The van der Waals surface area contributed by atoms with Gasteiger partial charge < -0.3 is 4.90 Å². The van der Waals surface area contributed by atoms with Crippen LogP contribution in [0.2, 0.25) is 0 Å². The van der Waals surface area contributed by atoms with Gasteiger partial charge in [0, 0.05) is 26.2 Å². The van der Waals surface area contributed by atoms with Gasteiger partial charge in [0.15, 0.2) is 0 Å². The Hall–Kier alpha value is -1.83. The number of allylic oxidation sites excluding steroid dienone is 4. The molecule has 114 valence electrons. The molecule has 1 aromatic rings. The SMILES string of the molecule is C=C/C=C(\C=C(\F)CCc1ccc(CCC)cc1)N(C)C. The second kappa shape index (κ2) is 9.17. The van der Waals surface area contributed by atoms with E-state index in [-0.39, 0.29) is 5.83 Å². The van der Waals surface area contributed by atoms with Gasteiger partial charge in [-0.05, 0) is 36.1 Å². The van der Waals surface area contributed by atoms with Gasteiger partial charge in [0.25, 0.3) is 0 Å². The number of likely N-dealkylation sites (N-methyl/N-ethyl adjacent to an activating group) is 1. The smallest absolute Gasteiger partial charge is 0.102 e. The van der Waals surface area contributed by atoms with E-state index in [0.29, 0.717) is 6.42 Å². The molecule has 0 atom stereocenters. The molecule has 0 spiro atoms. The lowest BCUT2D eigenvalue weighted by Gasteiger charge is -2.13. The minimum absolute atomic E-state index is 0.102. The van der Waals surface area contributed by atoms with Crippen LogP contribution >= 0.6 is 0 Å². The molecule has 0 heterocycles. The molecule has 0 amide bonds. The van der Waals surface area contributed by atoms with Crippen LogP contribution in [0.15, 0.2) is 60.6 Å². The zero-order valence-electron chi connectivity index (χ0n) is 13.4. The van der Waals surface area contributed by atoms with Crippen molar-refractivity contribution in [2.24, 2.45) is 0 Å². The number of nitrogens with zero attached hydrogens (tertiary/aromatic N) is 1. The van der Waals surface area contributed by atoms with Crippen LogP contribution in [0, 0.1) is 0 Å². The summed E-state index contributed by atoms with van der Waals surface area (Å²) in [5.74, 6) is -0.102. The highest BCUT2D eigenvalue weighted by Gasteiger charge is 2.02. The number of hydrogen-bond donors (Lipinski definition) is 0. The molecule has 0 aliphatic carbocycles. The van der Waals surface area contributed by atoms with E-state index in [0.717, 1.165) is 25.0 Å². The highest BCUT2D eigenvalue weighted by Crippen LogP contribution is 2.15. The molecule has 0 aliphatic rings. The number of halogens is 1. The van der Waals surface area contributed by atoms with Crippen molar-refractivity contribution < 1.29 is 4.39 Å². The lowest BCUT2D eigenvalue weighted by atomic mass is 10.0. The second-order valence-corrected chi connectivity index (χ2v) is 5.38. The van der Waals surface area contributed by atoms with Crippen molar-refractivity contribution in [1.29, 1.82) is 0 Å². The van der Waals surface area contributed by atoms with Crippen molar-refractivity contribution in [3.05, 3.63) is 71.7 Å². The van der Waals surface area contributed by atoms with E-state index < -0.39 is 0 Å². The van der Waals surface area contributed by atoms with Crippen molar-refractivity contribution in [3.63, 3.8) is 0 Å². The summed E-state index contributed by atoms with van der Waals surface area (Å²) >= 11 is 0. The van der Waals surface area contributed by atoms with Crippen molar-refractivity contribution in [2.75, 3.05) is 14.1 Å². The first-order valence-corrected chi connectivity index (χ1v) is 7.50. The van der Waals surface area contributed by atoms with E-state index in [1.54, 1.807) is 18.2 Å². The summed E-state index contributed by atoms with van der Waals surface area (Å²) in [7, 11) is 3.79. The fourth-order valence-corrected chi connectivity index (χ4v) is 2.10. The molecule has 0 fully saturated rings. The third kappa shape index (κ3) is 6.44. The predicted octanol–water partition coefficient (Wildman–Crippen LogP) is 5.06. The number of benzene rings is 1. The molecule has 0 bridgehead atoms. The minimum Gasteiger partial charge on any atom is -0.378 e. The Balaban J connectivity index is 2.61. The van der Waals surface area contributed by atoms with Crippen LogP contribution in [0.3, 0.4) is 0 Å². The number of rotatable bonds is 8. The maximum atomic E-state index is 14.0. The van der Waals surface area contributed by atoms with Gasteiger partial charge in [-0.3, -0.25) is 0 Å². The van der Waals surface area contributed by atoms with Crippen LogP contribution in [-0.4, -0.2) is 19.0 Å². The predicted molar refractivity (Wildman–Crippen MR) is 89.9 cm³/mol. The summed E-state index contributed by atoms with van der Waals surface area (Å²) in [5.41, 5.74) is 3.35. The average molecular weight is 287 g/mol. The van der Waals surface area contributed by atoms with Crippen LogP contribution in [0.1, 0.15) is 30.9 Å². The van der Waals surface area contributed by atoms with E-state index in [1.165, 1.54) is 11.1 Å². The first kappa shape index (κ1) is 17.2. The molecule has 0 unspecified atom stereocenters. The molecule has 0 aliphatic heterocycles. The first-order valence-electron chi connectivity index (χ1n) is 7.50. The molecule has 2 heteroatoms. The monoisotopic (exact) mass is 287 g/mol. The third-order valence-corrected chi connectivity index (χ3v) is 3.32. The second-order valence-electron chi connectivity index (χ2n) is 5.38. The van der Waals surface area contributed by atoms with Crippen molar-refractivity contribution >= 4 is 0 Å². The Labute approximate surface area is 128 Å². The van der Waals surface area contributed by atoms with Gasteiger partial charge in [-0.1, -0.05) is 50.3 Å². The first-order chi connectivity index (χ1) is 10.1. The van der Waals surface area contributed by atoms with Crippen molar-refractivity contribution in [2.45, 2.75) is 32.6 Å². The normalized spacial score (nSPS) is 12.4. The molecule has 1 nitrogen and oxygen atoms in total. The summed E-state index contributed by atoms with van der Waals surface area (Å²) in [6.07, 6.45) is 8.46. The van der Waals surface area contributed by atoms with Gasteiger partial charge in [-0.15, -0.1) is 0 Å². The van der Waals surface area contributed by atoms with Crippen LogP contribution in [0.25, 0.3) is 0 Å². The van der Waals surface area contributed by atoms with Crippen LogP contribution in [-0.2, 0) is 12.8 Å². The van der Waals surface area contributed by atoms with Gasteiger partial charge in [0.05, 0.1) is 0 Å². The van der Waals surface area contributed by atoms with E-state index in [2.05, 4.69) is 37.8 Å². The highest BCUT2D eigenvalue weighted by molar-refractivity contribution is 5.25. The van der Waals surface area contributed by atoms with Crippen LogP contribution < -0.4 is 0 Å². The van der Waals surface area contributed by atoms with Crippen molar-refractivity contribution in [1.82, 2.24) is 4.90 Å². The summed E-state index contributed by atoms with van der Waals surface area (Å²) in [6, 6.07) is 8.49.